The number of amides is 1. The summed E-state index contributed by atoms with van der Waals surface area (Å²) in [5.41, 5.74) is 5.49. The standard InChI is InChI=1S/C15H27N3O2/c1-13(2)10(14(13,3)4)9-17-12(19)15(11(16)18-20)7-5-6-8-15/h10,20H,5-9H2,1-4H3,(H2,16,18)(H,17,19). The lowest BCUT2D eigenvalue weighted by atomic mass is 9.83. The highest BCUT2D eigenvalue weighted by atomic mass is 16.4. The van der Waals surface area contributed by atoms with Crippen molar-refractivity contribution in [1.82, 2.24) is 5.32 Å². The molecule has 0 aromatic carbocycles. The van der Waals surface area contributed by atoms with Gasteiger partial charge in [-0.15, -0.1) is 0 Å². The van der Waals surface area contributed by atoms with Gasteiger partial charge < -0.3 is 16.3 Å². The van der Waals surface area contributed by atoms with E-state index in [0.717, 1.165) is 12.8 Å². The molecule has 0 radical (unpaired) electrons. The smallest absolute Gasteiger partial charge is 0.233 e. The van der Waals surface area contributed by atoms with Crippen LogP contribution in [-0.2, 0) is 4.79 Å². The van der Waals surface area contributed by atoms with E-state index in [1.165, 1.54) is 0 Å². The summed E-state index contributed by atoms with van der Waals surface area (Å²) in [6.45, 7) is 9.61. The fourth-order valence-electron chi connectivity index (χ4n) is 3.88. The van der Waals surface area contributed by atoms with Crippen LogP contribution in [0.5, 0.6) is 0 Å². The normalized spacial score (nSPS) is 27.3. The number of nitrogens with two attached hydrogens (primary N) is 1. The van der Waals surface area contributed by atoms with E-state index in [2.05, 4.69) is 38.2 Å². The average Bonchev–Trinajstić information content (AvgIpc) is 2.80. The zero-order valence-corrected chi connectivity index (χ0v) is 13.0. The van der Waals surface area contributed by atoms with Gasteiger partial charge in [0, 0.05) is 6.54 Å². The molecule has 0 spiro atoms. The number of carbonyl (C=O) groups excluding carboxylic acids is 1. The predicted molar refractivity (Wildman–Crippen MR) is 78.4 cm³/mol. The van der Waals surface area contributed by atoms with Crippen LogP contribution in [0.4, 0.5) is 0 Å². The van der Waals surface area contributed by atoms with Crippen molar-refractivity contribution in [2.24, 2.45) is 33.1 Å². The molecule has 2 saturated carbocycles. The van der Waals surface area contributed by atoms with E-state index in [0.29, 0.717) is 25.3 Å². The molecule has 0 aromatic rings. The predicted octanol–water partition coefficient (Wildman–Crippen LogP) is 2.09. The molecule has 0 heterocycles. The van der Waals surface area contributed by atoms with Crippen molar-refractivity contribution in [1.29, 1.82) is 0 Å². The minimum absolute atomic E-state index is 0.0572. The monoisotopic (exact) mass is 281 g/mol. The summed E-state index contributed by atoms with van der Waals surface area (Å²) < 4.78 is 0. The number of carbonyl (C=O) groups is 1. The van der Waals surface area contributed by atoms with E-state index in [4.69, 9.17) is 10.9 Å². The minimum Gasteiger partial charge on any atom is -0.409 e. The van der Waals surface area contributed by atoms with Crippen LogP contribution in [0.1, 0.15) is 53.4 Å². The third kappa shape index (κ3) is 1.98. The highest BCUT2D eigenvalue weighted by Crippen LogP contribution is 2.67. The van der Waals surface area contributed by atoms with Crippen LogP contribution < -0.4 is 11.1 Å². The van der Waals surface area contributed by atoms with Gasteiger partial charge in [0.25, 0.3) is 0 Å². The number of hydrogen-bond acceptors (Lipinski definition) is 3. The first kappa shape index (κ1) is 15.1. The summed E-state index contributed by atoms with van der Waals surface area (Å²) in [4.78, 5) is 12.5. The van der Waals surface area contributed by atoms with Crippen molar-refractivity contribution in [3.05, 3.63) is 0 Å². The Morgan fingerprint density at radius 3 is 2.15 bits per heavy atom. The molecule has 0 unspecified atom stereocenters. The Bertz CT molecular complexity index is 420. The molecule has 0 bridgehead atoms. The van der Waals surface area contributed by atoms with Gasteiger partial charge in [-0.2, -0.15) is 0 Å². The van der Waals surface area contributed by atoms with Crippen molar-refractivity contribution in [2.45, 2.75) is 53.4 Å². The summed E-state index contributed by atoms with van der Waals surface area (Å²) in [7, 11) is 0. The molecule has 0 aliphatic heterocycles. The Kier molecular flexibility index (Phi) is 3.51. The largest absolute Gasteiger partial charge is 0.409 e. The van der Waals surface area contributed by atoms with Gasteiger partial charge in [-0.05, 0) is 29.6 Å². The molecule has 2 fully saturated rings. The lowest BCUT2D eigenvalue weighted by Gasteiger charge is -2.26. The van der Waals surface area contributed by atoms with E-state index in [1.807, 2.05) is 0 Å². The second kappa shape index (κ2) is 4.64. The van der Waals surface area contributed by atoms with Crippen molar-refractivity contribution in [2.75, 3.05) is 6.54 Å². The van der Waals surface area contributed by atoms with Crippen molar-refractivity contribution in [3.8, 4) is 0 Å². The van der Waals surface area contributed by atoms with Gasteiger partial charge in [-0.1, -0.05) is 45.7 Å². The Labute approximate surface area is 121 Å². The maximum absolute atomic E-state index is 12.5. The zero-order valence-electron chi connectivity index (χ0n) is 13.0. The van der Waals surface area contributed by atoms with Crippen LogP contribution in [0.25, 0.3) is 0 Å². The SMILES string of the molecule is CC1(C)C(CNC(=O)C2(C(N)=NO)CCCC2)C1(C)C. The number of nitrogens with zero attached hydrogens (tertiary/aromatic N) is 1. The Balaban J connectivity index is 2.02. The second-order valence-corrected chi connectivity index (χ2v) is 7.48. The summed E-state index contributed by atoms with van der Waals surface area (Å²) >= 11 is 0. The molecule has 0 aromatic heterocycles. The van der Waals surface area contributed by atoms with Crippen molar-refractivity contribution >= 4 is 11.7 Å². The summed E-state index contributed by atoms with van der Waals surface area (Å²) in [6, 6.07) is 0. The van der Waals surface area contributed by atoms with E-state index >= 15 is 0 Å². The van der Waals surface area contributed by atoms with Gasteiger partial charge in [0.05, 0.1) is 0 Å². The first-order valence-electron chi connectivity index (χ1n) is 7.46. The number of rotatable bonds is 4. The third-order valence-corrected chi connectivity index (χ3v) is 6.28. The maximum Gasteiger partial charge on any atom is 0.233 e. The van der Waals surface area contributed by atoms with Gasteiger partial charge in [-0.3, -0.25) is 4.79 Å². The van der Waals surface area contributed by atoms with Crippen LogP contribution in [-0.4, -0.2) is 23.5 Å². The first-order chi connectivity index (χ1) is 9.20. The third-order valence-electron chi connectivity index (χ3n) is 6.28. The van der Waals surface area contributed by atoms with E-state index in [9.17, 15) is 4.79 Å². The molecule has 5 heteroatoms. The molecule has 5 nitrogen and oxygen atoms in total. The lowest BCUT2D eigenvalue weighted by Crippen LogP contribution is -2.48. The summed E-state index contributed by atoms with van der Waals surface area (Å²) in [5.74, 6) is 0.454. The van der Waals surface area contributed by atoms with Gasteiger partial charge in [0.2, 0.25) is 5.91 Å². The molecule has 2 aliphatic carbocycles. The molecular weight excluding hydrogens is 254 g/mol. The van der Waals surface area contributed by atoms with Crippen LogP contribution >= 0.6 is 0 Å². The molecule has 0 atom stereocenters. The maximum atomic E-state index is 12.5. The molecule has 1 amide bonds. The number of nitrogens with one attached hydrogen (secondary N) is 1. The van der Waals surface area contributed by atoms with Crippen LogP contribution in [0.3, 0.4) is 0 Å². The fraction of sp³-hybridized carbons (Fsp3) is 0.867. The Hall–Kier alpha value is -1.26. The van der Waals surface area contributed by atoms with Gasteiger partial charge in [0.1, 0.15) is 5.41 Å². The number of hydrogen-bond donors (Lipinski definition) is 3. The molecule has 114 valence electrons. The molecule has 2 rings (SSSR count). The summed E-state index contributed by atoms with van der Waals surface area (Å²) in [5, 5.41) is 15.1. The van der Waals surface area contributed by atoms with Crippen LogP contribution in [0.2, 0.25) is 0 Å². The van der Waals surface area contributed by atoms with Gasteiger partial charge >= 0.3 is 0 Å². The van der Waals surface area contributed by atoms with Crippen molar-refractivity contribution in [3.63, 3.8) is 0 Å². The van der Waals surface area contributed by atoms with Gasteiger partial charge in [-0.25, -0.2) is 0 Å². The summed E-state index contributed by atoms with van der Waals surface area (Å²) in [6.07, 6.45) is 3.24. The second-order valence-electron chi connectivity index (χ2n) is 7.48. The molecular formula is C15H27N3O2. The molecule has 2 aliphatic rings. The van der Waals surface area contributed by atoms with Crippen LogP contribution in [0, 0.1) is 22.2 Å². The Morgan fingerprint density at radius 1 is 1.25 bits per heavy atom. The fourth-order valence-corrected chi connectivity index (χ4v) is 3.88. The Morgan fingerprint density at radius 2 is 1.75 bits per heavy atom. The van der Waals surface area contributed by atoms with Crippen LogP contribution in [0.15, 0.2) is 5.16 Å². The molecule has 4 N–H and O–H groups in total. The highest BCUT2D eigenvalue weighted by Gasteiger charge is 2.64. The number of amidine groups is 1. The molecule has 0 saturated heterocycles. The van der Waals surface area contributed by atoms with Gasteiger partial charge in [0.15, 0.2) is 5.84 Å². The minimum atomic E-state index is -0.794. The van der Waals surface area contributed by atoms with Crippen molar-refractivity contribution < 1.29 is 10.0 Å². The zero-order chi connectivity index (χ0) is 15.2. The highest BCUT2D eigenvalue weighted by molar-refractivity contribution is 6.07. The molecule has 20 heavy (non-hydrogen) atoms. The average molecular weight is 281 g/mol. The van der Waals surface area contributed by atoms with E-state index in [-0.39, 0.29) is 22.6 Å². The first-order valence-corrected chi connectivity index (χ1v) is 7.46. The lowest BCUT2D eigenvalue weighted by molar-refractivity contribution is -0.127. The topological polar surface area (TPSA) is 87.7 Å². The quantitative estimate of drug-likeness (QED) is 0.319. The van der Waals surface area contributed by atoms with E-state index in [1.54, 1.807) is 0 Å². The van der Waals surface area contributed by atoms with E-state index < -0.39 is 5.41 Å². The number of oxime groups is 1.